The fraction of sp³-hybridized carbons (Fsp3) is 0.455. The summed E-state index contributed by atoms with van der Waals surface area (Å²) in [7, 11) is 1.62. The van der Waals surface area contributed by atoms with Gasteiger partial charge in [-0.05, 0) is 19.1 Å². The molecule has 0 aromatic heterocycles. The van der Waals surface area contributed by atoms with Gasteiger partial charge in [0.25, 0.3) is 0 Å². The SMILES string of the molecule is COCCOc1cc(Br)ccc1[C@H](C)O. The second-order valence-electron chi connectivity index (χ2n) is 3.20. The molecule has 84 valence electrons. The molecule has 0 heterocycles. The molecule has 0 saturated heterocycles. The molecule has 15 heavy (non-hydrogen) atoms. The average molecular weight is 275 g/mol. The fourth-order valence-corrected chi connectivity index (χ4v) is 1.55. The maximum atomic E-state index is 9.53. The Balaban J connectivity index is 2.77. The first kappa shape index (κ1) is 12.5. The van der Waals surface area contributed by atoms with Crippen molar-refractivity contribution in [3.8, 4) is 5.75 Å². The van der Waals surface area contributed by atoms with Crippen LogP contribution >= 0.6 is 15.9 Å². The molecule has 1 N–H and O–H groups in total. The van der Waals surface area contributed by atoms with E-state index >= 15 is 0 Å². The van der Waals surface area contributed by atoms with Crippen molar-refractivity contribution < 1.29 is 14.6 Å². The summed E-state index contributed by atoms with van der Waals surface area (Å²) in [5.74, 6) is 0.691. The van der Waals surface area contributed by atoms with Crippen LogP contribution in [0.25, 0.3) is 0 Å². The Labute approximate surface area is 98.1 Å². The van der Waals surface area contributed by atoms with Crippen LogP contribution in [0.2, 0.25) is 0 Å². The summed E-state index contributed by atoms with van der Waals surface area (Å²) in [6, 6.07) is 5.57. The lowest BCUT2D eigenvalue weighted by atomic mass is 10.1. The summed E-state index contributed by atoms with van der Waals surface area (Å²) < 4.78 is 11.3. The zero-order valence-electron chi connectivity index (χ0n) is 8.87. The van der Waals surface area contributed by atoms with Crippen LogP contribution in [-0.4, -0.2) is 25.4 Å². The average Bonchev–Trinajstić information content (AvgIpc) is 2.18. The van der Waals surface area contributed by atoms with E-state index in [1.807, 2.05) is 18.2 Å². The predicted octanol–water partition coefficient (Wildman–Crippen LogP) is 2.53. The number of hydrogen-bond donors (Lipinski definition) is 1. The highest BCUT2D eigenvalue weighted by molar-refractivity contribution is 9.10. The second kappa shape index (κ2) is 6.10. The Bertz CT molecular complexity index is 313. The second-order valence-corrected chi connectivity index (χ2v) is 4.12. The van der Waals surface area contributed by atoms with Crippen LogP contribution in [0.15, 0.2) is 22.7 Å². The third kappa shape index (κ3) is 3.81. The maximum absolute atomic E-state index is 9.53. The van der Waals surface area contributed by atoms with Crippen molar-refractivity contribution in [1.29, 1.82) is 0 Å². The quantitative estimate of drug-likeness (QED) is 0.839. The third-order valence-corrected chi connectivity index (χ3v) is 2.46. The van der Waals surface area contributed by atoms with Crippen molar-refractivity contribution in [3.05, 3.63) is 28.2 Å². The molecule has 1 rings (SSSR count). The number of rotatable bonds is 5. The summed E-state index contributed by atoms with van der Waals surface area (Å²) in [5.41, 5.74) is 0.786. The van der Waals surface area contributed by atoms with Gasteiger partial charge >= 0.3 is 0 Å². The number of hydrogen-bond acceptors (Lipinski definition) is 3. The van der Waals surface area contributed by atoms with Gasteiger partial charge in [0.15, 0.2) is 0 Å². The minimum atomic E-state index is -0.532. The van der Waals surface area contributed by atoms with Crippen LogP contribution in [0.1, 0.15) is 18.6 Å². The molecular weight excluding hydrogens is 260 g/mol. The largest absolute Gasteiger partial charge is 0.491 e. The Kier molecular flexibility index (Phi) is 5.08. The number of benzene rings is 1. The van der Waals surface area contributed by atoms with E-state index in [4.69, 9.17) is 9.47 Å². The third-order valence-electron chi connectivity index (χ3n) is 1.97. The van der Waals surface area contributed by atoms with Crippen LogP contribution in [0.4, 0.5) is 0 Å². The highest BCUT2D eigenvalue weighted by Crippen LogP contribution is 2.28. The molecule has 1 aromatic carbocycles. The van der Waals surface area contributed by atoms with Gasteiger partial charge in [-0.3, -0.25) is 0 Å². The summed E-state index contributed by atoms with van der Waals surface area (Å²) in [6.45, 7) is 2.73. The zero-order chi connectivity index (χ0) is 11.3. The predicted molar refractivity (Wildman–Crippen MR) is 62.1 cm³/mol. The molecule has 1 aromatic rings. The number of methoxy groups -OCH3 is 1. The summed E-state index contributed by atoms with van der Waals surface area (Å²) in [6.07, 6.45) is -0.532. The van der Waals surface area contributed by atoms with E-state index < -0.39 is 6.10 Å². The smallest absolute Gasteiger partial charge is 0.126 e. The lowest BCUT2D eigenvalue weighted by molar-refractivity contribution is 0.141. The highest BCUT2D eigenvalue weighted by atomic mass is 79.9. The standard InChI is InChI=1S/C11H15BrO3/c1-8(13)10-4-3-9(12)7-11(10)15-6-5-14-2/h3-4,7-8,13H,5-6H2,1-2H3/t8-/m0/s1. The van der Waals surface area contributed by atoms with Crippen molar-refractivity contribution in [2.45, 2.75) is 13.0 Å². The fourth-order valence-electron chi connectivity index (χ4n) is 1.21. The molecule has 0 amide bonds. The van der Waals surface area contributed by atoms with Crippen LogP contribution in [0.5, 0.6) is 5.75 Å². The molecule has 0 spiro atoms. The molecule has 0 fully saturated rings. The lowest BCUT2D eigenvalue weighted by Crippen LogP contribution is -2.06. The number of ether oxygens (including phenoxy) is 2. The maximum Gasteiger partial charge on any atom is 0.126 e. The van der Waals surface area contributed by atoms with E-state index in [0.717, 1.165) is 10.0 Å². The molecule has 0 aliphatic carbocycles. The van der Waals surface area contributed by atoms with E-state index in [-0.39, 0.29) is 0 Å². The summed E-state index contributed by atoms with van der Waals surface area (Å²) >= 11 is 3.36. The van der Waals surface area contributed by atoms with Gasteiger partial charge in [0.1, 0.15) is 12.4 Å². The first-order valence-electron chi connectivity index (χ1n) is 4.74. The molecule has 3 nitrogen and oxygen atoms in total. The van der Waals surface area contributed by atoms with Gasteiger partial charge in [-0.25, -0.2) is 0 Å². The van der Waals surface area contributed by atoms with Crippen LogP contribution in [0.3, 0.4) is 0 Å². The van der Waals surface area contributed by atoms with Crippen molar-refractivity contribution in [2.24, 2.45) is 0 Å². The number of halogens is 1. The van der Waals surface area contributed by atoms with Gasteiger partial charge in [0.05, 0.1) is 12.7 Å². The highest BCUT2D eigenvalue weighted by Gasteiger charge is 2.09. The lowest BCUT2D eigenvalue weighted by Gasteiger charge is -2.13. The molecule has 0 bridgehead atoms. The molecule has 0 unspecified atom stereocenters. The molecule has 4 heteroatoms. The van der Waals surface area contributed by atoms with Crippen LogP contribution in [0, 0.1) is 0 Å². The Morgan fingerprint density at radius 3 is 2.73 bits per heavy atom. The monoisotopic (exact) mass is 274 g/mol. The molecule has 0 aliphatic heterocycles. The molecule has 0 saturated carbocycles. The zero-order valence-corrected chi connectivity index (χ0v) is 10.5. The Morgan fingerprint density at radius 1 is 1.40 bits per heavy atom. The van der Waals surface area contributed by atoms with Gasteiger partial charge in [-0.2, -0.15) is 0 Å². The first-order chi connectivity index (χ1) is 7.15. The molecule has 0 aliphatic rings. The molecule has 0 radical (unpaired) electrons. The van der Waals surface area contributed by atoms with E-state index in [0.29, 0.717) is 19.0 Å². The van der Waals surface area contributed by atoms with Gasteiger partial charge in [-0.15, -0.1) is 0 Å². The van der Waals surface area contributed by atoms with Crippen LogP contribution < -0.4 is 4.74 Å². The molecular formula is C11H15BrO3. The van der Waals surface area contributed by atoms with Gasteiger partial charge < -0.3 is 14.6 Å². The minimum Gasteiger partial charge on any atom is -0.491 e. The van der Waals surface area contributed by atoms with Crippen molar-refractivity contribution in [2.75, 3.05) is 20.3 Å². The number of aliphatic hydroxyl groups is 1. The van der Waals surface area contributed by atoms with Gasteiger partial charge in [0, 0.05) is 17.1 Å². The molecule has 1 atom stereocenters. The minimum absolute atomic E-state index is 0.479. The van der Waals surface area contributed by atoms with Gasteiger partial charge in [-0.1, -0.05) is 22.0 Å². The van der Waals surface area contributed by atoms with E-state index in [1.165, 1.54) is 0 Å². The normalized spacial score (nSPS) is 12.5. The van der Waals surface area contributed by atoms with Gasteiger partial charge in [0.2, 0.25) is 0 Å². The Morgan fingerprint density at radius 2 is 2.13 bits per heavy atom. The van der Waals surface area contributed by atoms with Crippen molar-refractivity contribution >= 4 is 15.9 Å². The topological polar surface area (TPSA) is 38.7 Å². The van der Waals surface area contributed by atoms with Crippen molar-refractivity contribution in [1.82, 2.24) is 0 Å². The van der Waals surface area contributed by atoms with E-state index in [2.05, 4.69) is 15.9 Å². The summed E-state index contributed by atoms with van der Waals surface area (Å²) in [4.78, 5) is 0. The van der Waals surface area contributed by atoms with E-state index in [1.54, 1.807) is 14.0 Å². The van der Waals surface area contributed by atoms with Crippen molar-refractivity contribution in [3.63, 3.8) is 0 Å². The van der Waals surface area contributed by atoms with E-state index in [9.17, 15) is 5.11 Å². The Hall–Kier alpha value is -0.580. The number of aliphatic hydroxyl groups excluding tert-OH is 1. The van der Waals surface area contributed by atoms with Crippen LogP contribution in [-0.2, 0) is 4.74 Å². The first-order valence-corrected chi connectivity index (χ1v) is 5.53. The summed E-state index contributed by atoms with van der Waals surface area (Å²) in [5, 5.41) is 9.53.